The number of tetrazole rings is 1. The Morgan fingerprint density at radius 2 is 2.33 bits per heavy atom. The number of nitrogen functional groups attached to an aromatic ring is 1. The molecule has 2 aromatic rings. The number of ether oxygens (including phenoxy) is 3. The molecule has 3 rings (SSSR count). The maximum Gasteiger partial charge on any atom is 0.185 e. The third kappa shape index (κ3) is 2.81. The number of nitrogens with zero attached hydrogens (tertiary/aromatic N) is 4. The molecule has 2 heterocycles. The molecule has 1 aromatic heterocycles. The fourth-order valence-electron chi connectivity index (χ4n) is 2.31. The first kappa shape index (κ1) is 13.8. The molecule has 1 atom stereocenters. The molecular weight excluding hydrogens is 274 g/mol. The summed E-state index contributed by atoms with van der Waals surface area (Å²) in [6.45, 7) is 2.26. The topological polar surface area (TPSA) is 97.3 Å². The minimum absolute atomic E-state index is 0.0620. The van der Waals surface area contributed by atoms with Crippen molar-refractivity contribution < 1.29 is 14.2 Å². The molecule has 0 amide bonds. The number of nitrogens with two attached hydrogens (primary N) is 1. The molecule has 1 aliphatic rings. The SMILES string of the molecule is COc1c(N)cccc1-c1nnnn1CC1COCCO1. The van der Waals surface area contributed by atoms with Crippen molar-refractivity contribution in [2.24, 2.45) is 0 Å². The van der Waals surface area contributed by atoms with Gasteiger partial charge in [0.15, 0.2) is 11.6 Å². The Labute approximate surface area is 121 Å². The second-order valence-corrected chi connectivity index (χ2v) is 4.68. The van der Waals surface area contributed by atoms with Crippen LogP contribution in [0.1, 0.15) is 0 Å². The van der Waals surface area contributed by atoms with Crippen LogP contribution in [0.2, 0.25) is 0 Å². The number of hydrogen-bond donors (Lipinski definition) is 1. The van der Waals surface area contributed by atoms with Gasteiger partial charge in [-0.1, -0.05) is 6.07 Å². The van der Waals surface area contributed by atoms with Crippen molar-refractivity contribution in [3.8, 4) is 17.1 Å². The van der Waals surface area contributed by atoms with E-state index in [1.54, 1.807) is 17.9 Å². The zero-order valence-electron chi connectivity index (χ0n) is 11.7. The molecule has 0 saturated carbocycles. The summed E-state index contributed by atoms with van der Waals surface area (Å²) in [5.41, 5.74) is 7.22. The normalized spacial score (nSPS) is 18.6. The average molecular weight is 291 g/mol. The highest BCUT2D eigenvalue weighted by molar-refractivity contribution is 5.73. The van der Waals surface area contributed by atoms with Crippen molar-refractivity contribution in [3.63, 3.8) is 0 Å². The third-order valence-corrected chi connectivity index (χ3v) is 3.28. The zero-order chi connectivity index (χ0) is 14.7. The van der Waals surface area contributed by atoms with Crippen LogP contribution in [0.3, 0.4) is 0 Å². The molecule has 0 radical (unpaired) electrons. The van der Waals surface area contributed by atoms with Gasteiger partial charge in [-0.25, -0.2) is 4.68 Å². The molecular formula is C13H17N5O3. The quantitative estimate of drug-likeness (QED) is 0.811. The Kier molecular flexibility index (Phi) is 3.98. The first-order chi connectivity index (χ1) is 10.3. The zero-order valence-corrected chi connectivity index (χ0v) is 11.7. The summed E-state index contributed by atoms with van der Waals surface area (Å²) in [7, 11) is 1.57. The highest BCUT2D eigenvalue weighted by atomic mass is 16.6. The number of para-hydroxylation sites is 1. The molecule has 1 aliphatic heterocycles. The van der Waals surface area contributed by atoms with E-state index in [0.717, 1.165) is 5.56 Å². The van der Waals surface area contributed by atoms with Gasteiger partial charge in [-0.05, 0) is 22.6 Å². The molecule has 1 saturated heterocycles. The van der Waals surface area contributed by atoms with Crippen LogP contribution in [0.15, 0.2) is 18.2 Å². The summed E-state index contributed by atoms with van der Waals surface area (Å²) >= 11 is 0. The number of rotatable bonds is 4. The predicted octanol–water partition coefficient (Wildman–Crippen LogP) is 0.346. The number of anilines is 1. The monoisotopic (exact) mass is 291 g/mol. The summed E-state index contributed by atoms with van der Waals surface area (Å²) < 4.78 is 18.0. The van der Waals surface area contributed by atoms with Crippen LogP contribution in [0.4, 0.5) is 5.69 Å². The van der Waals surface area contributed by atoms with Gasteiger partial charge in [-0.2, -0.15) is 0 Å². The van der Waals surface area contributed by atoms with Gasteiger partial charge in [-0.15, -0.1) is 5.10 Å². The fraction of sp³-hybridized carbons (Fsp3) is 0.462. The summed E-state index contributed by atoms with van der Waals surface area (Å²) in [5.74, 6) is 1.16. The number of aromatic nitrogens is 4. The standard InChI is InChI=1S/C13H17N5O3/c1-19-12-10(3-2-4-11(12)14)13-15-16-17-18(13)7-9-8-20-5-6-21-9/h2-4,9H,5-8,14H2,1H3. The van der Waals surface area contributed by atoms with Crippen molar-refractivity contribution in [1.29, 1.82) is 0 Å². The van der Waals surface area contributed by atoms with Crippen LogP contribution < -0.4 is 10.5 Å². The smallest absolute Gasteiger partial charge is 0.185 e. The van der Waals surface area contributed by atoms with Crippen molar-refractivity contribution in [3.05, 3.63) is 18.2 Å². The minimum Gasteiger partial charge on any atom is -0.494 e. The van der Waals surface area contributed by atoms with Crippen LogP contribution in [0.5, 0.6) is 5.75 Å². The molecule has 0 spiro atoms. The molecule has 2 N–H and O–H groups in total. The number of hydrogen-bond acceptors (Lipinski definition) is 7. The van der Waals surface area contributed by atoms with Crippen LogP contribution >= 0.6 is 0 Å². The molecule has 21 heavy (non-hydrogen) atoms. The van der Waals surface area contributed by atoms with Gasteiger partial charge < -0.3 is 19.9 Å². The van der Waals surface area contributed by atoms with E-state index in [1.807, 2.05) is 12.1 Å². The van der Waals surface area contributed by atoms with Crippen molar-refractivity contribution in [2.75, 3.05) is 32.7 Å². The van der Waals surface area contributed by atoms with Gasteiger partial charge in [0.05, 0.1) is 44.7 Å². The molecule has 1 fully saturated rings. The van der Waals surface area contributed by atoms with E-state index < -0.39 is 0 Å². The number of benzene rings is 1. The van der Waals surface area contributed by atoms with Gasteiger partial charge in [0, 0.05) is 0 Å². The highest BCUT2D eigenvalue weighted by Gasteiger charge is 2.20. The Bertz CT molecular complexity index is 610. The Morgan fingerprint density at radius 1 is 1.43 bits per heavy atom. The van der Waals surface area contributed by atoms with Crippen molar-refractivity contribution in [2.45, 2.75) is 12.6 Å². The van der Waals surface area contributed by atoms with Gasteiger partial charge in [0.1, 0.15) is 6.10 Å². The Morgan fingerprint density at radius 3 is 3.10 bits per heavy atom. The second-order valence-electron chi connectivity index (χ2n) is 4.68. The lowest BCUT2D eigenvalue weighted by Gasteiger charge is -2.23. The highest BCUT2D eigenvalue weighted by Crippen LogP contribution is 2.33. The van der Waals surface area contributed by atoms with Gasteiger partial charge in [0.25, 0.3) is 0 Å². The van der Waals surface area contributed by atoms with Crippen LogP contribution in [-0.4, -0.2) is 53.2 Å². The Hall–Kier alpha value is -2.19. The van der Waals surface area contributed by atoms with E-state index in [0.29, 0.717) is 43.6 Å². The summed E-state index contributed by atoms with van der Waals surface area (Å²) in [4.78, 5) is 0. The van der Waals surface area contributed by atoms with E-state index in [9.17, 15) is 0 Å². The first-order valence-electron chi connectivity index (χ1n) is 6.68. The molecule has 0 bridgehead atoms. The lowest BCUT2D eigenvalue weighted by atomic mass is 10.1. The third-order valence-electron chi connectivity index (χ3n) is 3.28. The molecule has 8 nitrogen and oxygen atoms in total. The van der Waals surface area contributed by atoms with Crippen LogP contribution in [-0.2, 0) is 16.0 Å². The maximum atomic E-state index is 5.92. The molecule has 0 aliphatic carbocycles. The molecule has 112 valence electrons. The van der Waals surface area contributed by atoms with E-state index in [1.165, 1.54) is 0 Å². The van der Waals surface area contributed by atoms with Gasteiger partial charge in [-0.3, -0.25) is 0 Å². The predicted molar refractivity (Wildman–Crippen MR) is 74.8 cm³/mol. The summed E-state index contributed by atoms with van der Waals surface area (Å²) in [5, 5.41) is 11.8. The maximum absolute atomic E-state index is 5.92. The largest absolute Gasteiger partial charge is 0.494 e. The van der Waals surface area contributed by atoms with E-state index in [2.05, 4.69) is 15.5 Å². The summed E-state index contributed by atoms with van der Waals surface area (Å²) in [6, 6.07) is 5.48. The lowest BCUT2D eigenvalue weighted by molar-refractivity contribution is -0.0946. The molecule has 8 heteroatoms. The van der Waals surface area contributed by atoms with E-state index in [-0.39, 0.29) is 6.10 Å². The van der Waals surface area contributed by atoms with Crippen LogP contribution in [0, 0.1) is 0 Å². The average Bonchev–Trinajstić information content (AvgIpc) is 2.96. The van der Waals surface area contributed by atoms with Crippen LogP contribution in [0.25, 0.3) is 11.4 Å². The first-order valence-corrected chi connectivity index (χ1v) is 6.68. The van der Waals surface area contributed by atoms with Crippen molar-refractivity contribution >= 4 is 5.69 Å². The van der Waals surface area contributed by atoms with E-state index >= 15 is 0 Å². The number of methoxy groups -OCH3 is 1. The molecule has 1 aromatic carbocycles. The minimum atomic E-state index is -0.0620. The van der Waals surface area contributed by atoms with E-state index in [4.69, 9.17) is 19.9 Å². The summed E-state index contributed by atoms with van der Waals surface area (Å²) in [6.07, 6.45) is -0.0620. The van der Waals surface area contributed by atoms with Gasteiger partial charge >= 0.3 is 0 Å². The lowest BCUT2D eigenvalue weighted by Crippen LogP contribution is -2.32. The Balaban J connectivity index is 1.90. The van der Waals surface area contributed by atoms with Crippen molar-refractivity contribution in [1.82, 2.24) is 20.2 Å². The molecule has 1 unspecified atom stereocenters. The second kappa shape index (κ2) is 6.06. The fourth-order valence-corrected chi connectivity index (χ4v) is 2.31. The van der Waals surface area contributed by atoms with Gasteiger partial charge in [0.2, 0.25) is 0 Å².